The van der Waals surface area contributed by atoms with Crippen LogP contribution in [0.2, 0.25) is 0 Å². The zero-order chi connectivity index (χ0) is 7.49. The summed E-state index contributed by atoms with van der Waals surface area (Å²) in [5.41, 5.74) is -1.36. The van der Waals surface area contributed by atoms with E-state index in [1.807, 2.05) is 0 Å². The Morgan fingerprint density at radius 2 is 2.22 bits per heavy atom. The predicted octanol–water partition coefficient (Wildman–Crippen LogP) is 0.0709. The maximum atomic E-state index is 10.1. The second-order valence-corrected chi connectivity index (χ2v) is 2.96. The predicted molar refractivity (Wildman–Crippen MR) is 32.3 cm³/mol. The molecule has 0 aromatic heterocycles. The number of ether oxygens (including phenoxy) is 1. The topological polar surface area (TPSA) is 63.6 Å². The summed E-state index contributed by atoms with van der Waals surface area (Å²) in [5.74, 6) is 0. The van der Waals surface area contributed by atoms with Gasteiger partial charge in [0.1, 0.15) is 0 Å². The van der Waals surface area contributed by atoms with Crippen LogP contribution in [0.25, 0.3) is 0 Å². The number of hydrogen-bond donors (Lipinski definition) is 1. The Morgan fingerprint density at radius 1 is 1.78 bits per heavy atom. The molecule has 4 nitrogen and oxygen atoms in total. The molecule has 1 N–H and O–H groups in total. The van der Waals surface area contributed by atoms with E-state index in [4.69, 9.17) is 4.55 Å². The Morgan fingerprint density at radius 3 is 2.33 bits per heavy atom. The Hall–Kier alpha value is -0.130. The van der Waals surface area contributed by atoms with Gasteiger partial charge in [-0.1, -0.05) is 0 Å². The third kappa shape index (κ3) is 3.45. The van der Waals surface area contributed by atoms with Gasteiger partial charge >= 0.3 is 0 Å². The first-order valence-corrected chi connectivity index (χ1v) is 3.89. The van der Waals surface area contributed by atoms with E-state index in [-0.39, 0.29) is 6.61 Å². The van der Waals surface area contributed by atoms with Crippen LogP contribution < -0.4 is 0 Å². The van der Waals surface area contributed by atoms with Gasteiger partial charge in [0.25, 0.3) is 10.1 Å². The van der Waals surface area contributed by atoms with Gasteiger partial charge in [0.2, 0.25) is 0 Å². The summed E-state index contributed by atoms with van der Waals surface area (Å²) in [6.07, 6.45) is 0. The molecule has 1 unspecified atom stereocenters. The molecular weight excluding hydrogens is 144 g/mol. The SMILES string of the molecule is [CH2]C(OCC)S(=O)(=O)O. The summed E-state index contributed by atoms with van der Waals surface area (Å²) in [6.45, 7) is 4.87. The molecule has 1 atom stereocenters. The van der Waals surface area contributed by atoms with Crippen LogP contribution in [0.15, 0.2) is 0 Å². The highest BCUT2D eigenvalue weighted by Gasteiger charge is 2.15. The van der Waals surface area contributed by atoms with Crippen LogP contribution in [0.5, 0.6) is 0 Å². The lowest BCUT2D eigenvalue weighted by molar-refractivity contribution is 0.138. The highest BCUT2D eigenvalue weighted by atomic mass is 32.2. The fourth-order valence-electron chi connectivity index (χ4n) is 0.272. The second-order valence-electron chi connectivity index (χ2n) is 1.40. The molecule has 5 heteroatoms. The van der Waals surface area contributed by atoms with Crippen LogP contribution in [-0.4, -0.2) is 25.0 Å². The molecule has 0 spiro atoms. The Kier molecular flexibility index (Phi) is 3.10. The van der Waals surface area contributed by atoms with Crippen molar-refractivity contribution < 1.29 is 17.7 Å². The average Bonchev–Trinajstić information content (AvgIpc) is 1.64. The highest BCUT2D eigenvalue weighted by molar-refractivity contribution is 7.86. The molecule has 0 heterocycles. The molecule has 0 amide bonds. The molecule has 0 fully saturated rings. The molecule has 0 aliphatic carbocycles. The van der Waals surface area contributed by atoms with Crippen molar-refractivity contribution in [2.75, 3.05) is 6.61 Å². The summed E-state index contributed by atoms with van der Waals surface area (Å²) >= 11 is 0. The molecule has 0 aliphatic heterocycles. The molecule has 0 aliphatic rings. The third-order valence-electron chi connectivity index (χ3n) is 0.685. The van der Waals surface area contributed by atoms with Crippen LogP contribution in [0.1, 0.15) is 6.92 Å². The summed E-state index contributed by atoms with van der Waals surface area (Å²) in [4.78, 5) is 0. The van der Waals surface area contributed by atoms with Crippen molar-refractivity contribution in [1.82, 2.24) is 0 Å². The van der Waals surface area contributed by atoms with Gasteiger partial charge in [-0.3, -0.25) is 4.55 Å². The molecular formula is C4H9O4S. The van der Waals surface area contributed by atoms with Gasteiger partial charge in [-0.2, -0.15) is 8.42 Å². The highest BCUT2D eigenvalue weighted by Crippen LogP contribution is 1.96. The Bertz CT molecular complexity index is 159. The Balaban J connectivity index is 3.90. The number of hydrogen-bond acceptors (Lipinski definition) is 3. The standard InChI is InChI=1S/C4H9O4S/c1-3-8-4(2)9(5,6)7/h4H,2-3H2,1H3,(H,5,6,7). The fraction of sp³-hybridized carbons (Fsp3) is 0.750. The van der Waals surface area contributed by atoms with E-state index in [9.17, 15) is 8.42 Å². The van der Waals surface area contributed by atoms with E-state index < -0.39 is 15.6 Å². The van der Waals surface area contributed by atoms with E-state index in [0.717, 1.165) is 0 Å². The minimum Gasteiger partial charge on any atom is -0.360 e. The minimum absolute atomic E-state index is 0.216. The first kappa shape index (κ1) is 8.87. The maximum Gasteiger partial charge on any atom is 0.292 e. The van der Waals surface area contributed by atoms with Crippen molar-refractivity contribution in [3.8, 4) is 0 Å². The van der Waals surface area contributed by atoms with Crippen molar-refractivity contribution >= 4 is 10.1 Å². The van der Waals surface area contributed by atoms with Crippen molar-refractivity contribution in [1.29, 1.82) is 0 Å². The van der Waals surface area contributed by atoms with E-state index in [1.165, 1.54) is 0 Å². The summed E-state index contributed by atoms with van der Waals surface area (Å²) in [5, 5.41) is 0. The van der Waals surface area contributed by atoms with Gasteiger partial charge < -0.3 is 4.74 Å². The first-order valence-electron chi connectivity index (χ1n) is 2.39. The molecule has 0 saturated heterocycles. The molecule has 0 rings (SSSR count). The van der Waals surface area contributed by atoms with Gasteiger partial charge in [0.15, 0.2) is 5.44 Å². The first-order chi connectivity index (χ1) is 3.98. The minimum atomic E-state index is -4.10. The largest absolute Gasteiger partial charge is 0.360 e. The summed E-state index contributed by atoms with van der Waals surface area (Å²) in [7, 11) is -4.10. The molecule has 0 bridgehead atoms. The summed E-state index contributed by atoms with van der Waals surface area (Å²) < 4.78 is 32.8. The van der Waals surface area contributed by atoms with Crippen LogP contribution in [0, 0.1) is 6.92 Å². The zero-order valence-corrected chi connectivity index (χ0v) is 5.89. The lowest BCUT2D eigenvalue weighted by atomic mass is 10.8. The lowest BCUT2D eigenvalue weighted by Gasteiger charge is -2.05. The third-order valence-corrected chi connectivity index (χ3v) is 1.49. The quantitative estimate of drug-likeness (QED) is 0.583. The molecule has 1 radical (unpaired) electrons. The molecule has 0 saturated carbocycles. The van der Waals surface area contributed by atoms with Crippen molar-refractivity contribution in [2.45, 2.75) is 12.4 Å². The molecule has 9 heavy (non-hydrogen) atoms. The average molecular weight is 153 g/mol. The van der Waals surface area contributed by atoms with Gasteiger partial charge in [-0.15, -0.1) is 0 Å². The van der Waals surface area contributed by atoms with Gasteiger partial charge in [0, 0.05) is 6.61 Å². The number of rotatable bonds is 3. The monoisotopic (exact) mass is 153 g/mol. The van der Waals surface area contributed by atoms with Gasteiger partial charge in [0.05, 0.1) is 0 Å². The normalized spacial score (nSPS) is 15.4. The van der Waals surface area contributed by atoms with Crippen molar-refractivity contribution in [2.24, 2.45) is 0 Å². The molecule has 0 aromatic rings. The van der Waals surface area contributed by atoms with Crippen LogP contribution >= 0.6 is 0 Å². The van der Waals surface area contributed by atoms with E-state index in [1.54, 1.807) is 6.92 Å². The van der Waals surface area contributed by atoms with Crippen LogP contribution in [0.4, 0.5) is 0 Å². The van der Waals surface area contributed by atoms with E-state index in [0.29, 0.717) is 0 Å². The lowest BCUT2D eigenvalue weighted by Crippen LogP contribution is -2.20. The summed E-state index contributed by atoms with van der Waals surface area (Å²) in [6, 6.07) is 0. The van der Waals surface area contributed by atoms with Crippen LogP contribution in [-0.2, 0) is 14.9 Å². The van der Waals surface area contributed by atoms with Gasteiger partial charge in [-0.05, 0) is 13.8 Å². The molecule has 0 aromatic carbocycles. The van der Waals surface area contributed by atoms with Gasteiger partial charge in [-0.25, -0.2) is 0 Å². The van der Waals surface area contributed by atoms with Crippen molar-refractivity contribution in [3.63, 3.8) is 0 Å². The van der Waals surface area contributed by atoms with Crippen LogP contribution in [0.3, 0.4) is 0 Å². The van der Waals surface area contributed by atoms with E-state index in [2.05, 4.69) is 11.7 Å². The fourth-order valence-corrected chi connectivity index (χ4v) is 0.580. The zero-order valence-electron chi connectivity index (χ0n) is 5.07. The Labute approximate surface area is 54.6 Å². The van der Waals surface area contributed by atoms with Crippen molar-refractivity contribution in [3.05, 3.63) is 6.92 Å². The maximum absolute atomic E-state index is 10.1. The smallest absolute Gasteiger partial charge is 0.292 e. The molecule has 55 valence electrons. The second kappa shape index (κ2) is 3.14. The van der Waals surface area contributed by atoms with E-state index >= 15 is 0 Å².